The summed E-state index contributed by atoms with van der Waals surface area (Å²) >= 11 is 0. The van der Waals surface area contributed by atoms with Gasteiger partial charge in [-0.3, -0.25) is 14.5 Å². The van der Waals surface area contributed by atoms with E-state index >= 15 is 0 Å². The van der Waals surface area contributed by atoms with Crippen LogP contribution in [0.5, 0.6) is 0 Å². The van der Waals surface area contributed by atoms with Gasteiger partial charge in [-0.15, -0.1) is 0 Å². The van der Waals surface area contributed by atoms with Crippen LogP contribution in [0.25, 0.3) is 0 Å². The summed E-state index contributed by atoms with van der Waals surface area (Å²) in [6.45, 7) is 2.90. The maximum absolute atomic E-state index is 12.9. The number of carbonyl (C=O) groups is 2. The van der Waals surface area contributed by atoms with Crippen molar-refractivity contribution in [3.63, 3.8) is 0 Å². The lowest BCUT2D eigenvalue weighted by molar-refractivity contribution is -0.137. The Morgan fingerprint density at radius 1 is 0.933 bits per heavy atom. The van der Waals surface area contributed by atoms with E-state index in [1.54, 1.807) is 35.2 Å². The highest BCUT2D eigenvalue weighted by Crippen LogP contribution is 2.29. The van der Waals surface area contributed by atoms with E-state index in [0.717, 1.165) is 6.07 Å². The number of nitrogens with one attached hydrogen (secondary N) is 1. The van der Waals surface area contributed by atoms with Crippen molar-refractivity contribution in [2.75, 3.05) is 32.7 Å². The van der Waals surface area contributed by atoms with Gasteiger partial charge in [-0.05, 0) is 23.8 Å². The van der Waals surface area contributed by atoms with E-state index in [4.69, 9.17) is 0 Å². The summed E-state index contributed by atoms with van der Waals surface area (Å²) in [5, 5.41) is 2.74. The number of nitrogens with zero attached hydrogens (tertiary/aromatic N) is 2. The molecule has 0 aromatic heterocycles. The van der Waals surface area contributed by atoms with E-state index in [1.807, 2.05) is 11.0 Å². The molecular weight excluding hydrogens is 395 g/mol. The minimum Gasteiger partial charge on any atom is -0.352 e. The number of hydrogen-bond donors (Lipinski definition) is 1. The first-order valence-electron chi connectivity index (χ1n) is 9.82. The third-order valence-corrected chi connectivity index (χ3v) is 5.05. The summed E-state index contributed by atoms with van der Waals surface area (Å²) in [6, 6.07) is 14.1. The molecule has 2 aromatic rings. The maximum atomic E-state index is 12.9. The Kier molecular flexibility index (Phi) is 7.10. The minimum absolute atomic E-state index is 0.0397. The molecule has 1 heterocycles. The lowest BCUT2D eigenvalue weighted by Gasteiger charge is -2.35. The molecule has 3 rings (SSSR count). The summed E-state index contributed by atoms with van der Waals surface area (Å²) in [7, 11) is 0. The van der Waals surface area contributed by atoms with Crippen molar-refractivity contribution >= 4 is 11.8 Å². The number of alkyl halides is 3. The van der Waals surface area contributed by atoms with E-state index < -0.39 is 11.7 Å². The van der Waals surface area contributed by atoms with Crippen LogP contribution in [-0.4, -0.2) is 54.3 Å². The van der Waals surface area contributed by atoms with Crippen LogP contribution in [0, 0.1) is 0 Å². The Bertz CT molecular complexity index is 863. The van der Waals surface area contributed by atoms with Crippen molar-refractivity contribution in [3.8, 4) is 0 Å². The Morgan fingerprint density at radius 2 is 1.63 bits per heavy atom. The van der Waals surface area contributed by atoms with Gasteiger partial charge in [0.25, 0.3) is 5.91 Å². The lowest BCUT2D eigenvalue weighted by atomic mass is 10.1. The first-order valence-corrected chi connectivity index (χ1v) is 9.82. The highest BCUT2D eigenvalue weighted by molar-refractivity contribution is 5.94. The second kappa shape index (κ2) is 9.75. The van der Waals surface area contributed by atoms with Crippen LogP contribution in [0.4, 0.5) is 13.2 Å². The lowest BCUT2D eigenvalue weighted by Crippen LogP contribution is -2.48. The first kappa shape index (κ1) is 21.8. The first-order chi connectivity index (χ1) is 14.3. The molecule has 8 heteroatoms. The molecule has 30 heavy (non-hydrogen) atoms. The molecule has 1 aliphatic rings. The number of piperazine rings is 1. The fourth-order valence-electron chi connectivity index (χ4n) is 3.39. The maximum Gasteiger partial charge on any atom is 0.416 e. The van der Waals surface area contributed by atoms with Crippen molar-refractivity contribution < 1.29 is 22.8 Å². The molecule has 1 N–H and O–H groups in total. The van der Waals surface area contributed by atoms with Crippen molar-refractivity contribution in [2.45, 2.75) is 19.1 Å². The fourth-order valence-corrected chi connectivity index (χ4v) is 3.39. The highest BCUT2D eigenvalue weighted by atomic mass is 19.4. The van der Waals surface area contributed by atoms with Gasteiger partial charge in [-0.1, -0.05) is 36.4 Å². The molecule has 1 aliphatic heterocycles. The molecule has 1 fully saturated rings. The summed E-state index contributed by atoms with van der Waals surface area (Å²) in [5.41, 5.74) is 0.507. The van der Waals surface area contributed by atoms with Gasteiger partial charge in [0.1, 0.15) is 0 Å². The quantitative estimate of drug-likeness (QED) is 0.783. The van der Waals surface area contributed by atoms with Gasteiger partial charge in [0.05, 0.1) is 5.56 Å². The van der Waals surface area contributed by atoms with E-state index in [1.165, 1.54) is 12.1 Å². The van der Waals surface area contributed by atoms with Crippen LogP contribution in [0.3, 0.4) is 0 Å². The molecule has 0 spiro atoms. The average molecular weight is 419 g/mol. The van der Waals surface area contributed by atoms with E-state index in [0.29, 0.717) is 43.9 Å². The monoisotopic (exact) mass is 419 g/mol. The predicted octanol–water partition coefficient (Wildman–Crippen LogP) is 3.17. The second-order valence-corrected chi connectivity index (χ2v) is 7.23. The summed E-state index contributed by atoms with van der Waals surface area (Å²) in [5.74, 6) is -0.253. The number of halogens is 3. The summed E-state index contributed by atoms with van der Waals surface area (Å²) in [4.78, 5) is 28.1. The van der Waals surface area contributed by atoms with Gasteiger partial charge in [0.2, 0.25) is 5.91 Å². The van der Waals surface area contributed by atoms with Crippen LogP contribution >= 0.6 is 0 Å². The summed E-state index contributed by atoms with van der Waals surface area (Å²) < 4.78 is 38.6. The van der Waals surface area contributed by atoms with Crippen LogP contribution < -0.4 is 5.32 Å². The molecule has 2 amide bonds. The Morgan fingerprint density at radius 3 is 2.30 bits per heavy atom. The summed E-state index contributed by atoms with van der Waals surface area (Å²) in [6.07, 6.45) is -4.14. The second-order valence-electron chi connectivity index (χ2n) is 7.23. The molecule has 160 valence electrons. The normalized spacial score (nSPS) is 15.1. The van der Waals surface area contributed by atoms with Gasteiger partial charge in [-0.2, -0.15) is 13.2 Å². The molecule has 0 saturated carbocycles. The largest absolute Gasteiger partial charge is 0.416 e. The Hall–Kier alpha value is -2.87. The highest BCUT2D eigenvalue weighted by Gasteiger charge is 2.30. The number of benzene rings is 2. The topological polar surface area (TPSA) is 52.7 Å². The SMILES string of the molecule is O=C(NCCC(=O)N1CCN(Cc2cccc(C(F)(F)F)c2)CC1)c1ccccc1. The van der Waals surface area contributed by atoms with E-state index in [2.05, 4.69) is 5.32 Å². The van der Waals surface area contributed by atoms with Crippen molar-refractivity contribution in [1.82, 2.24) is 15.1 Å². The van der Waals surface area contributed by atoms with Crippen molar-refractivity contribution in [3.05, 3.63) is 71.3 Å². The third kappa shape index (κ3) is 6.06. The van der Waals surface area contributed by atoms with E-state index in [9.17, 15) is 22.8 Å². The minimum atomic E-state index is -4.35. The molecule has 0 atom stereocenters. The smallest absolute Gasteiger partial charge is 0.352 e. The van der Waals surface area contributed by atoms with Crippen molar-refractivity contribution in [1.29, 1.82) is 0 Å². The molecule has 1 saturated heterocycles. The zero-order chi connectivity index (χ0) is 21.6. The molecule has 0 radical (unpaired) electrons. The average Bonchev–Trinajstić information content (AvgIpc) is 2.74. The van der Waals surface area contributed by atoms with Gasteiger partial charge >= 0.3 is 6.18 Å². The molecule has 0 bridgehead atoms. The van der Waals surface area contributed by atoms with Crippen LogP contribution in [0.2, 0.25) is 0 Å². The predicted molar refractivity (Wildman–Crippen MR) is 107 cm³/mol. The fraction of sp³-hybridized carbons (Fsp3) is 0.364. The van der Waals surface area contributed by atoms with Crippen LogP contribution in [0.1, 0.15) is 27.9 Å². The van der Waals surface area contributed by atoms with Gasteiger partial charge in [0, 0.05) is 51.3 Å². The standard InChI is InChI=1S/C22H24F3N3O2/c23-22(24,25)19-8-4-5-17(15-19)16-27-11-13-28(14-12-27)20(29)9-10-26-21(30)18-6-2-1-3-7-18/h1-8,15H,9-14,16H2,(H,26,30). The van der Waals surface area contributed by atoms with Crippen LogP contribution in [0.15, 0.2) is 54.6 Å². The zero-order valence-electron chi connectivity index (χ0n) is 16.5. The van der Waals surface area contributed by atoms with Crippen molar-refractivity contribution in [2.24, 2.45) is 0 Å². The number of rotatable bonds is 6. The Balaban J connectivity index is 1.41. The number of amides is 2. The molecule has 0 unspecified atom stereocenters. The number of hydrogen-bond acceptors (Lipinski definition) is 3. The molecular formula is C22H24F3N3O2. The molecule has 0 aliphatic carbocycles. The third-order valence-electron chi connectivity index (χ3n) is 5.05. The number of carbonyl (C=O) groups excluding carboxylic acids is 2. The van der Waals surface area contributed by atoms with Gasteiger partial charge in [0.15, 0.2) is 0 Å². The Labute approximate surface area is 173 Å². The van der Waals surface area contributed by atoms with E-state index in [-0.39, 0.29) is 24.8 Å². The van der Waals surface area contributed by atoms with Crippen LogP contribution in [-0.2, 0) is 17.5 Å². The van der Waals surface area contributed by atoms with Gasteiger partial charge < -0.3 is 10.2 Å². The molecule has 5 nitrogen and oxygen atoms in total. The zero-order valence-corrected chi connectivity index (χ0v) is 16.5. The molecule has 2 aromatic carbocycles. The van der Waals surface area contributed by atoms with Gasteiger partial charge in [-0.25, -0.2) is 0 Å².